The number of hydrogen-bond acceptors (Lipinski definition) is 12. The summed E-state index contributed by atoms with van der Waals surface area (Å²) in [6, 6.07) is 0. The third-order valence-corrected chi connectivity index (χ3v) is 9.11. The minimum absolute atomic E-state index is 0.155. The molecular formula is C36H66O12. The van der Waals surface area contributed by atoms with Gasteiger partial charge in [-0.25, -0.2) is 0 Å². The molecule has 0 bridgehead atoms. The van der Waals surface area contributed by atoms with Crippen molar-refractivity contribution in [3.63, 3.8) is 0 Å². The van der Waals surface area contributed by atoms with Crippen LogP contribution in [0.2, 0.25) is 0 Å². The lowest BCUT2D eigenvalue weighted by Gasteiger charge is -2.46. The number of carbonyl (C=O) groups excluding carboxylic acids is 2. The van der Waals surface area contributed by atoms with Gasteiger partial charge in [-0.1, -0.05) is 104 Å². The molecule has 0 amide bonds. The van der Waals surface area contributed by atoms with Gasteiger partial charge >= 0.3 is 11.9 Å². The van der Waals surface area contributed by atoms with E-state index in [0.29, 0.717) is 12.8 Å². The van der Waals surface area contributed by atoms with Crippen LogP contribution in [0.15, 0.2) is 0 Å². The van der Waals surface area contributed by atoms with E-state index >= 15 is 0 Å². The molecule has 48 heavy (non-hydrogen) atoms. The maximum Gasteiger partial charge on any atom is 0.306 e. The van der Waals surface area contributed by atoms with Crippen LogP contribution in [0, 0.1) is 0 Å². The zero-order valence-electron chi connectivity index (χ0n) is 30.0. The summed E-state index contributed by atoms with van der Waals surface area (Å²) in [7, 11) is 0. The van der Waals surface area contributed by atoms with E-state index in [1.807, 2.05) is 13.8 Å². The van der Waals surface area contributed by atoms with E-state index < -0.39 is 73.4 Å². The van der Waals surface area contributed by atoms with Gasteiger partial charge < -0.3 is 48.8 Å². The summed E-state index contributed by atoms with van der Waals surface area (Å²) in [6.07, 6.45) is 5.01. The number of unbranched alkanes of at least 4 members (excludes halogenated alkanes) is 13. The normalized spacial score (nSPS) is 30.7. The van der Waals surface area contributed by atoms with Crippen molar-refractivity contribution >= 4 is 11.9 Å². The molecule has 2 heterocycles. The van der Waals surface area contributed by atoms with E-state index in [9.17, 15) is 30.0 Å². The van der Waals surface area contributed by atoms with Gasteiger partial charge in [0.05, 0.1) is 6.10 Å². The largest absolute Gasteiger partial charge is 0.463 e. The Morgan fingerprint density at radius 1 is 0.583 bits per heavy atom. The van der Waals surface area contributed by atoms with Gasteiger partial charge in [0.2, 0.25) is 0 Å². The van der Waals surface area contributed by atoms with Crippen LogP contribution in [0.25, 0.3) is 0 Å². The first-order chi connectivity index (χ1) is 23.1. The molecule has 0 aromatic rings. The van der Waals surface area contributed by atoms with Crippen molar-refractivity contribution < 1.29 is 58.4 Å². The molecule has 2 fully saturated rings. The van der Waals surface area contributed by atoms with Gasteiger partial charge in [-0.15, -0.1) is 0 Å². The number of ether oxygens (including phenoxy) is 6. The van der Waals surface area contributed by atoms with Crippen LogP contribution in [0.4, 0.5) is 0 Å². The van der Waals surface area contributed by atoms with Crippen LogP contribution >= 0.6 is 0 Å². The van der Waals surface area contributed by atoms with E-state index in [1.54, 1.807) is 6.92 Å². The second-order valence-electron chi connectivity index (χ2n) is 13.4. The Morgan fingerprint density at radius 3 is 1.73 bits per heavy atom. The van der Waals surface area contributed by atoms with Gasteiger partial charge in [0.15, 0.2) is 18.7 Å². The highest BCUT2D eigenvalue weighted by Crippen LogP contribution is 2.31. The average molecular weight is 691 g/mol. The number of hydrogen-bond donors (Lipinski definition) is 4. The Hall–Kier alpha value is -1.38. The van der Waals surface area contributed by atoms with E-state index in [2.05, 4.69) is 6.92 Å². The molecule has 0 radical (unpaired) electrons. The average Bonchev–Trinajstić information content (AvgIpc) is 3.06. The molecule has 2 saturated heterocycles. The summed E-state index contributed by atoms with van der Waals surface area (Å²) in [5, 5.41) is 43.4. The SMILES string of the molecule is CCCCCCCCCCCCCCCC(=O)OC[C@H]1O[C@@H](OCCCC)[C@H](O[C@H]2O[C@@H](C)[C@H](OC(=O)CCC)[C@@H](O)[C@H]2O)[C@@H](O)[C@@H]1O. The van der Waals surface area contributed by atoms with E-state index in [1.165, 1.54) is 64.2 Å². The molecule has 12 nitrogen and oxygen atoms in total. The first-order valence-electron chi connectivity index (χ1n) is 18.8. The summed E-state index contributed by atoms with van der Waals surface area (Å²) >= 11 is 0. The Morgan fingerprint density at radius 2 is 1.15 bits per heavy atom. The van der Waals surface area contributed by atoms with Gasteiger partial charge in [0, 0.05) is 19.4 Å². The molecule has 282 valence electrons. The van der Waals surface area contributed by atoms with Crippen molar-refractivity contribution in [2.45, 2.75) is 205 Å². The van der Waals surface area contributed by atoms with Gasteiger partial charge in [0.1, 0.15) is 43.2 Å². The van der Waals surface area contributed by atoms with Crippen molar-refractivity contribution in [3.8, 4) is 0 Å². The van der Waals surface area contributed by atoms with Gasteiger partial charge in [0.25, 0.3) is 0 Å². The molecule has 0 spiro atoms. The quantitative estimate of drug-likeness (QED) is 0.0761. The molecule has 0 saturated carbocycles. The van der Waals surface area contributed by atoms with Crippen LogP contribution < -0.4 is 0 Å². The van der Waals surface area contributed by atoms with Crippen molar-refractivity contribution in [1.29, 1.82) is 0 Å². The highest BCUT2D eigenvalue weighted by atomic mass is 16.8. The highest BCUT2D eigenvalue weighted by molar-refractivity contribution is 5.69. The standard InChI is InChI=1S/C36H66O12/c1-5-8-10-11-12-13-14-15-16-17-18-19-20-22-27(37)44-24-26-29(39)30(40)34(36(46-26)43-23-9-6-2)48-35-32(42)31(41)33(25(4)45-35)47-28(38)21-7-3/h25-26,29-36,39-42H,5-24H2,1-4H3/t25-,26+,29+,30-,31-,32+,33-,34+,35+,36+/m0/s1. The molecule has 12 heteroatoms. The topological polar surface area (TPSA) is 170 Å². The molecule has 4 N–H and O–H groups in total. The predicted octanol–water partition coefficient (Wildman–Crippen LogP) is 4.84. The molecule has 10 atom stereocenters. The lowest BCUT2D eigenvalue weighted by atomic mass is 9.97. The first-order valence-corrected chi connectivity index (χ1v) is 18.8. The molecule has 2 aliphatic heterocycles. The number of esters is 2. The number of carbonyl (C=O) groups is 2. The van der Waals surface area contributed by atoms with Crippen LogP contribution in [0.3, 0.4) is 0 Å². The lowest BCUT2D eigenvalue weighted by molar-refractivity contribution is -0.365. The summed E-state index contributed by atoms with van der Waals surface area (Å²) in [4.78, 5) is 24.5. The second kappa shape index (κ2) is 24.7. The number of rotatable bonds is 25. The van der Waals surface area contributed by atoms with Crippen molar-refractivity contribution in [1.82, 2.24) is 0 Å². The smallest absolute Gasteiger partial charge is 0.306 e. The second-order valence-corrected chi connectivity index (χ2v) is 13.4. The molecule has 0 unspecified atom stereocenters. The molecule has 0 aliphatic carbocycles. The lowest BCUT2D eigenvalue weighted by Crippen LogP contribution is -2.64. The number of aliphatic hydroxyl groups excluding tert-OH is 4. The zero-order chi connectivity index (χ0) is 35.3. The van der Waals surface area contributed by atoms with Gasteiger partial charge in [-0.3, -0.25) is 9.59 Å². The van der Waals surface area contributed by atoms with Crippen LogP contribution in [-0.4, -0.2) is 107 Å². The Balaban J connectivity index is 1.79. The zero-order valence-corrected chi connectivity index (χ0v) is 30.0. The molecule has 0 aromatic carbocycles. The molecule has 0 aromatic heterocycles. The molecular weight excluding hydrogens is 624 g/mol. The molecule has 2 aliphatic rings. The Bertz CT molecular complexity index is 859. The monoisotopic (exact) mass is 690 g/mol. The highest BCUT2D eigenvalue weighted by Gasteiger charge is 2.51. The maximum absolute atomic E-state index is 12.4. The van der Waals surface area contributed by atoms with E-state index in [-0.39, 0.29) is 26.1 Å². The Labute approximate surface area is 288 Å². The summed E-state index contributed by atoms with van der Waals surface area (Å²) < 4.78 is 34.1. The fraction of sp³-hybridized carbons (Fsp3) is 0.944. The third-order valence-electron chi connectivity index (χ3n) is 9.11. The molecule has 2 rings (SSSR count). The summed E-state index contributed by atoms with van der Waals surface area (Å²) in [5.74, 6) is -0.927. The fourth-order valence-electron chi connectivity index (χ4n) is 6.05. The van der Waals surface area contributed by atoms with Crippen LogP contribution in [0.5, 0.6) is 0 Å². The first kappa shape index (κ1) is 42.8. The minimum atomic E-state index is -1.63. The third kappa shape index (κ3) is 15.2. The fourth-order valence-corrected chi connectivity index (χ4v) is 6.05. The van der Waals surface area contributed by atoms with Crippen LogP contribution in [0.1, 0.15) is 143 Å². The van der Waals surface area contributed by atoms with Crippen molar-refractivity contribution in [2.24, 2.45) is 0 Å². The maximum atomic E-state index is 12.4. The predicted molar refractivity (Wildman–Crippen MR) is 179 cm³/mol. The van der Waals surface area contributed by atoms with E-state index in [4.69, 9.17) is 28.4 Å². The van der Waals surface area contributed by atoms with Crippen molar-refractivity contribution in [2.75, 3.05) is 13.2 Å². The van der Waals surface area contributed by atoms with Gasteiger partial charge in [-0.05, 0) is 26.2 Å². The van der Waals surface area contributed by atoms with Gasteiger partial charge in [-0.2, -0.15) is 0 Å². The summed E-state index contributed by atoms with van der Waals surface area (Å²) in [6.45, 7) is 7.59. The Kier molecular flexibility index (Phi) is 22.0. The minimum Gasteiger partial charge on any atom is -0.463 e. The van der Waals surface area contributed by atoms with Crippen molar-refractivity contribution in [3.05, 3.63) is 0 Å². The number of aliphatic hydroxyl groups is 4. The summed E-state index contributed by atoms with van der Waals surface area (Å²) in [5.41, 5.74) is 0. The van der Waals surface area contributed by atoms with E-state index in [0.717, 1.165) is 25.7 Å². The van der Waals surface area contributed by atoms with Crippen LogP contribution in [-0.2, 0) is 38.0 Å².